The van der Waals surface area contributed by atoms with Gasteiger partial charge in [-0.15, -0.1) is 0 Å². The first-order chi connectivity index (χ1) is 12.6. The van der Waals surface area contributed by atoms with E-state index in [4.69, 9.17) is 11.6 Å². The molecule has 132 valence electrons. The number of benzene rings is 2. The van der Waals surface area contributed by atoms with Crippen molar-refractivity contribution >= 4 is 28.9 Å². The lowest BCUT2D eigenvalue weighted by molar-refractivity contribution is -0.130. The van der Waals surface area contributed by atoms with Gasteiger partial charge in [-0.2, -0.15) is 0 Å². The Bertz CT molecular complexity index is 903. The number of carbonyl (C=O) groups is 2. The van der Waals surface area contributed by atoms with E-state index in [1.807, 2.05) is 12.1 Å². The summed E-state index contributed by atoms with van der Waals surface area (Å²) in [4.78, 5) is 24.7. The van der Waals surface area contributed by atoms with Gasteiger partial charge in [-0.05, 0) is 55.2 Å². The molecular weight excluding hydrogens is 348 g/mol. The van der Waals surface area contributed by atoms with Crippen LogP contribution in [-0.4, -0.2) is 16.9 Å². The largest absolute Gasteiger partial charge is 0.478 e. The molecule has 0 saturated heterocycles. The third kappa shape index (κ3) is 2.86. The highest BCUT2D eigenvalue weighted by Gasteiger charge is 2.38. The molecule has 0 heterocycles. The van der Waals surface area contributed by atoms with E-state index in [0.29, 0.717) is 22.6 Å². The standard InChI is InChI=1S/C22H19ClO3/c23-16-11-9-14(10-12-16)13-5-7-15(8-6-13)19-20(22(25)26)17-3-1-2-4-18(17)21(19)24/h1-4,9-13,15H,5-8H2,(H,25,26). The molecule has 2 aromatic rings. The van der Waals surface area contributed by atoms with Gasteiger partial charge in [0.1, 0.15) is 0 Å². The van der Waals surface area contributed by atoms with Gasteiger partial charge >= 0.3 is 5.97 Å². The van der Waals surface area contributed by atoms with Crippen LogP contribution in [0.3, 0.4) is 0 Å². The number of allylic oxidation sites excluding steroid dienone is 1. The first-order valence-corrected chi connectivity index (χ1v) is 9.31. The summed E-state index contributed by atoms with van der Waals surface area (Å²) in [7, 11) is 0. The van der Waals surface area contributed by atoms with Gasteiger partial charge in [-0.3, -0.25) is 4.79 Å². The van der Waals surface area contributed by atoms with E-state index in [9.17, 15) is 14.7 Å². The highest BCUT2D eigenvalue weighted by atomic mass is 35.5. The molecular formula is C22H19ClO3. The molecule has 2 aliphatic rings. The van der Waals surface area contributed by atoms with Crippen LogP contribution in [0.25, 0.3) is 5.57 Å². The number of carbonyl (C=O) groups excluding carboxylic acids is 1. The van der Waals surface area contributed by atoms with Crippen molar-refractivity contribution in [3.05, 3.63) is 75.8 Å². The highest BCUT2D eigenvalue weighted by molar-refractivity contribution is 6.33. The van der Waals surface area contributed by atoms with Gasteiger partial charge in [0.05, 0.1) is 5.57 Å². The normalized spacial score (nSPS) is 22.4. The number of carboxylic acids is 1. The van der Waals surface area contributed by atoms with Gasteiger partial charge in [0.2, 0.25) is 0 Å². The van der Waals surface area contributed by atoms with Crippen LogP contribution in [0.1, 0.15) is 53.1 Å². The van der Waals surface area contributed by atoms with Crippen molar-refractivity contribution in [3.8, 4) is 0 Å². The summed E-state index contributed by atoms with van der Waals surface area (Å²) in [5.74, 6) is -0.646. The Balaban J connectivity index is 1.59. The lowest BCUT2D eigenvalue weighted by Gasteiger charge is -2.29. The zero-order chi connectivity index (χ0) is 18.3. The van der Waals surface area contributed by atoms with Gasteiger partial charge < -0.3 is 5.11 Å². The van der Waals surface area contributed by atoms with E-state index in [-0.39, 0.29) is 17.3 Å². The Kier molecular flexibility index (Phi) is 4.41. The topological polar surface area (TPSA) is 54.4 Å². The Morgan fingerprint density at radius 1 is 0.885 bits per heavy atom. The second-order valence-corrected chi connectivity index (χ2v) is 7.51. The molecule has 2 aliphatic carbocycles. The molecule has 4 rings (SSSR count). The van der Waals surface area contributed by atoms with Crippen LogP contribution < -0.4 is 0 Å². The number of Topliss-reactive ketones (excluding diaryl/α,β-unsaturated/α-hetero) is 1. The van der Waals surface area contributed by atoms with Crippen LogP contribution in [0, 0.1) is 5.92 Å². The van der Waals surface area contributed by atoms with E-state index in [1.165, 1.54) is 5.56 Å². The summed E-state index contributed by atoms with van der Waals surface area (Å²) >= 11 is 5.97. The summed E-state index contributed by atoms with van der Waals surface area (Å²) in [5, 5.41) is 10.4. The number of aliphatic carboxylic acids is 1. The maximum Gasteiger partial charge on any atom is 0.336 e. The molecule has 3 nitrogen and oxygen atoms in total. The van der Waals surface area contributed by atoms with Gasteiger partial charge in [0.15, 0.2) is 5.78 Å². The fourth-order valence-corrected chi connectivity index (χ4v) is 4.50. The third-order valence-corrected chi connectivity index (χ3v) is 5.90. The lowest BCUT2D eigenvalue weighted by Crippen LogP contribution is -2.19. The van der Waals surface area contributed by atoms with Crippen LogP contribution in [0.5, 0.6) is 0 Å². The number of hydrogen-bond acceptors (Lipinski definition) is 2. The molecule has 1 fully saturated rings. The monoisotopic (exact) mass is 366 g/mol. The first kappa shape index (κ1) is 17.0. The third-order valence-electron chi connectivity index (χ3n) is 5.65. The predicted molar refractivity (Wildman–Crippen MR) is 101 cm³/mol. The molecule has 0 aliphatic heterocycles. The number of hydrogen-bond donors (Lipinski definition) is 1. The van der Waals surface area contributed by atoms with Gasteiger partial charge in [0, 0.05) is 21.7 Å². The highest BCUT2D eigenvalue weighted by Crippen LogP contribution is 2.45. The summed E-state index contributed by atoms with van der Waals surface area (Å²) in [6.45, 7) is 0. The van der Waals surface area contributed by atoms with Crippen LogP contribution in [0.4, 0.5) is 0 Å². The molecule has 2 aromatic carbocycles. The summed E-state index contributed by atoms with van der Waals surface area (Å²) in [6, 6.07) is 15.0. The van der Waals surface area contributed by atoms with Crippen LogP contribution in [-0.2, 0) is 4.79 Å². The zero-order valence-corrected chi connectivity index (χ0v) is 15.0. The smallest absolute Gasteiger partial charge is 0.336 e. The van der Waals surface area contributed by atoms with E-state index >= 15 is 0 Å². The van der Waals surface area contributed by atoms with Crippen molar-refractivity contribution in [2.75, 3.05) is 0 Å². The number of fused-ring (bicyclic) bond motifs is 1. The van der Waals surface area contributed by atoms with Gasteiger partial charge in [-0.1, -0.05) is 48.0 Å². The molecule has 0 spiro atoms. The minimum Gasteiger partial charge on any atom is -0.478 e. The van der Waals surface area contributed by atoms with E-state index in [2.05, 4.69) is 12.1 Å². The molecule has 0 amide bonds. The maximum absolute atomic E-state index is 12.9. The Morgan fingerprint density at radius 2 is 1.46 bits per heavy atom. The second kappa shape index (κ2) is 6.73. The summed E-state index contributed by atoms with van der Waals surface area (Å²) in [6.07, 6.45) is 3.57. The Labute approximate surface area is 157 Å². The Hall–Kier alpha value is -2.39. The molecule has 26 heavy (non-hydrogen) atoms. The van der Waals surface area contributed by atoms with Gasteiger partial charge in [0.25, 0.3) is 0 Å². The summed E-state index contributed by atoms with van der Waals surface area (Å²) < 4.78 is 0. The first-order valence-electron chi connectivity index (χ1n) is 8.93. The van der Waals surface area contributed by atoms with E-state index in [1.54, 1.807) is 24.3 Å². The van der Waals surface area contributed by atoms with Gasteiger partial charge in [-0.25, -0.2) is 4.79 Å². The maximum atomic E-state index is 12.9. The number of rotatable bonds is 3. The summed E-state index contributed by atoms with van der Waals surface area (Å²) in [5.41, 5.74) is 3.08. The molecule has 4 heteroatoms. The molecule has 1 saturated carbocycles. The van der Waals surface area contributed by atoms with Crippen LogP contribution in [0.15, 0.2) is 54.1 Å². The second-order valence-electron chi connectivity index (χ2n) is 7.07. The lowest BCUT2D eigenvalue weighted by atomic mass is 9.74. The fourth-order valence-electron chi connectivity index (χ4n) is 4.37. The number of halogens is 1. The molecule has 0 radical (unpaired) electrons. The van der Waals surface area contributed by atoms with Crippen molar-refractivity contribution in [3.63, 3.8) is 0 Å². The quantitative estimate of drug-likeness (QED) is 0.796. The van der Waals surface area contributed by atoms with E-state index < -0.39 is 5.97 Å². The predicted octanol–water partition coefficient (Wildman–Crippen LogP) is 5.35. The molecule has 0 bridgehead atoms. The molecule has 0 unspecified atom stereocenters. The van der Waals surface area contributed by atoms with E-state index in [0.717, 1.165) is 30.7 Å². The van der Waals surface area contributed by atoms with Crippen molar-refractivity contribution in [2.45, 2.75) is 31.6 Å². The van der Waals surface area contributed by atoms with Crippen molar-refractivity contribution in [1.29, 1.82) is 0 Å². The fraction of sp³-hybridized carbons (Fsp3) is 0.273. The average molecular weight is 367 g/mol. The SMILES string of the molecule is O=C(O)C1=C(C2CCC(c3ccc(Cl)cc3)CC2)C(=O)c2ccccc21. The number of carboxylic acid groups (broad SMARTS) is 1. The zero-order valence-electron chi connectivity index (χ0n) is 14.2. The van der Waals surface area contributed by atoms with Crippen molar-refractivity contribution in [2.24, 2.45) is 5.92 Å². The van der Waals surface area contributed by atoms with Crippen LogP contribution >= 0.6 is 11.6 Å². The Morgan fingerprint density at radius 3 is 2.08 bits per heavy atom. The molecule has 1 N–H and O–H groups in total. The van der Waals surface area contributed by atoms with Crippen LogP contribution in [0.2, 0.25) is 5.02 Å². The molecule has 0 atom stereocenters. The average Bonchev–Trinajstić information content (AvgIpc) is 2.96. The molecule has 0 aromatic heterocycles. The minimum atomic E-state index is -1.00. The van der Waals surface area contributed by atoms with Crippen molar-refractivity contribution < 1.29 is 14.7 Å². The van der Waals surface area contributed by atoms with Crippen molar-refractivity contribution in [1.82, 2.24) is 0 Å². The minimum absolute atomic E-state index is 0.0181. The number of ketones is 1.